The van der Waals surface area contributed by atoms with Crippen molar-refractivity contribution < 1.29 is 21.6 Å². The van der Waals surface area contributed by atoms with Gasteiger partial charge in [0.1, 0.15) is 5.54 Å². The third kappa shape index (κ3) is 3.53. The number of hydrogen-bond donors (Lipinski definition) is 1. The molecule has 6 nitrogen and oxygen atoms in total. The van der Waals surface area contributed by atoms with Crippen LogP contribution in [0.25, 0.3) is 10.4 Å². The third-order valence-electron chi connectivity index (χ3n) is 4.25. The van der Waals surface area contributed by atoms with E-state index in [0.29, 0.717) is 10.4 Å². The lowest BCUT2D eigenvalue weighted by Crippen LogP contribution is -2.50. The Hall–Kier alpha value is -2.14. The minimum atomic E-state index is -4.66. The van der Waals surface area contributed by atoms with Crippen molar-refractivity contribution in [2.75, 3.05) is 12.8 Å². The molecule has 146 valence electrons. The molecular weight excluding hydrogens is 401 g/mol. The molecule has 27 heavy (non-hydrogen) atoms. The van der Waals surface area contributed by atoms with Gasteiger partial charge in [-0.15, -0.1) is 11.3 Å². The zero-order valence-electron chi connectivity index (χ0n) is 14.7. The minimum Gasteiger partial charge on any atom is -0.369 e. The summed E-state index contributed by atoms with van der Waals surface area (Å²) in [6.45, 7) is 3.13. The van der Waals surface area contributed by atoms with Crippen LogP contribution in [0.2, 0.25) is 0 Å². The summed E-state index contributed by atoms with van der Waals surface area (Å²) >= 11 is 0.852. The number of thiophene rings is 1. The van der Waals surface area contributed by atoms with Crippen molar-refractivity contribution >= 4 is 27.3 Å². The second-order valence-electron chi connectivity index (χ2n) is 6.57. The van der Waals surface area contributed by atoms with E-state index in [-0.39, 0.29) is 10.8 Å². The van der Waals surface area contributed by atoms with Crippen LogP contribution in [0.15, 0.2) is 29.5 Å². The predicted molar refractivity (Wildman–Crippen MR) is 97.8 cm³/mol. The van der Waals surface area contributed by atoms with Gasteiger partial charge in [0.15, 0.2) is 0 Å². The van der Waals surface area contributed by atoms with Crippen molar-refractivity contribution in [3.8, 4) is 10.4 Å². The molecule has 0 bridgehead atoms. The fourth-order valence-electron chi connectivity index (χ4n) is 2.90. The number of hydrogen-bond acceptors (Lipinski definition) is 6. The van der Waals surface area contributed by atoms with E-state index in [4.69, 9.17) is 5.73 Å². The third-order valence-corrected chi connectivity index (χ3v) is 7.64. The van der Waals surface area contributed by atoms with Gasteiger partial charge < -0.3 is 5.73 Å². The fraction of sp³-hybridized carbons (Fsp3) is 0.375. The zero-order chi connectivity index (χ0) is 20.2. The highest BCUT2D eigenvalue weighted by Crippen LogP contribution is 2.47. The van der Waals surface area contributed by atoms with E-state index < -0.39 is 33.1 Å². The van der Waals surface area contributed by atoms with E-state index in [1.165, 1.54) is 20.2 Å². The number of sulfonamides is 1. The number of halogens is 3. The number of rotatable bonds is 2. The fourth-order valence-corrected chi connectivity index (χ4v) is 5.68. The van der Waals surface area contributed by atoms with Crippen LogP contribution in [0.5, 0.6) is 0 Å². The maximum Gasteiger partial charge on any atom is 0.417 e. The second kappa shape index (κ2) is 6.20. The molecule has 0 saturated carbocycles. The molecule has 1 aliphatic heterocycles. The Labute approximate surface area is 158 Å². The monoisotopic (exact) mass is 418 g/mol. The van der Waals surface area contributed by atoms with Crippen LogP contribution >= 0.6 is 11.3 Å². The summed E-state index contributed by atoms with van der Waals surface area (Å²) in [5.74, 6) is -0.948. The topological polar surface area (TPSA) is 88.7 Å². The minimum absolute atomic E-state index is 0.189. The molecule has 0 radical (unpaired) electrons. The van der Waals surface area contributed by atoms with Gasteiger partial charge in [-0.3, -0.25) is 4.98 Å². The zero-order valence-corrected chi connectivity index (χ0v) is 16.3. The van der Waals surface area contributed by atoms with Crippen molar-refractivity contribution in [2.24, 2.45) is 10.7 Å². The number of aromatic nitrogens is 1. The Morgan fingerprint density at radius 3 is 2.52 bits per heavy atom. The van der Waals surface area contributed by atoms with Crippen LogP contribution < -0.4 is 5.73 Å². The Morgan fingerprint density at radius 2 is 1.96 bits per heavy atom. The van der Waals surface area contributed by atoms with Crippen molar-refractivity contribution in [1.82, 2.24) is 9.29 Å². The maximum absolute atomic E-state index is 13.7. The van der Waals surface area contributed by atoms with E-state index in [1.807, 2.05) is 0 Å². The first kappa shape index (κ1) is 19.6. The molecule has 1 atom stereocenters. The molecule has 0 spiro atoms. The average Bonchev–Trinajstić information content (AvgIpc) is 2.99. The molecular formula is C16H17F3N4O2S2. The molecule has 0 unspecified atom stereocenters. The van der Waals surface area contributed by atoms with Crippen LogP contribution in [0, 0.1) is 6.92 Å². The Balaban J connectivity index is 2.23. The van der Waals surface area contributed by atoms with E-state index in [9.17, 15) is 21.6 Å². The van der Waals surface area contributed by atoms with Gasteiger partial charge in [-0.25, -0.2) is 17.7 Å². The highest BCUT2D eigenvalue weighted by molar-refractivity contribution is 7.89. The van der Waals surface area contributed by atoms with Gasteiger partial charge in [-0.2, -0.15) is 13.2 Å². The molecule has 2 aromatic rings. The van der Waals surface area contributed by atoms with Crippen LogP contribution in [-0.2, 0) is 21.7 Å². The van der Waals surface area contributed by atoms with E-state index >= 15 is 0 Å². The van der Waals surface area contributed by atoms with Crippen LogP contribution in [0.1, 0.15) is 22.9 Å². The molecule has 3 heterocycles. The SMILES string of the molecule is Cc1cncc(-c2cc(C(F)(F)F)c([C@]3(C)CS(=O)(=O)N(C)C(N)=N3)s2)c1. The Morgan fingerprint density at radius 1 is 1.30 bits per heavy atom. The highest BCUT2D eigenvalue weighted by atomic mass is 32.2. The van der Waals surface area contributed by atoms with Gasteiger partial charge >= 0.3 is 6.18 Å². The molecule has 0 aliphatic carbocycles. The van der Waals surface area contributed by atoms with Gasteiger partial charge in [0, 0.05) is 34.8 Å². The van der Waals surface area contributed by atoms with Gasteiger partial charge in [0.05, 0.1) is 11.3 Å². The van der Waals surface area contributed by atoms with Crippen molar-refractivity contribution in [1.29, 1.82) is 0 Å². The molecule has 0 aromatic carbocycles. The van der Waals surface area contributed by atoms with Crippen molar-refractivity contribution in [3.05, 3.63) is 40.5 Å². The molecule has 0 fully saturated rings. The number of nitrogens with two attached hydrogens (primary N) is 1. The summed E-state index contributed by atoms with van der Waals surface area (Å²) in [6, 6.07) is 2.73. The van der Waals surface area contributed by atoms with E-state index in [2.05, 4.69) is 9.98 Å². The maximum atomic E-state index is 13.7. The van der Waals surface area contributed by atoms with E-state index in [0.717, 1.165) is 27.3 Å². The van der Waals surface area contributed by atoms with Crippen molar-refractivity contribution in [2.45, 2.75) is 25.6 Å². The number of pyridine rings is 1. The Bertz CT molecular complexity index is 1030. The van der Waals surface area contributed by atoms with Crippen LogP contribution in [0.4, 0.5) is 13.2 Å². The van der Waals surface area contributed by atoms with Gasteiger partial charge in [-0.05, 0) is 31.5 Å². The summed E-state index contributed by atoms with van der Waals surface area (Å²) in [6.07, 6.45) is -1.60. The van der Waals surface area contributed by atoms with E-state index in [1.54, 1.807) is 19.2 Å². The van der Waals surface area contributed by atoms with Gasteiger partial charge in [0.2, 0.25) is 16.0 Å². The first-order chi connectivity index (χ1) is 12.3. The number of nitrogens with zero attached hydrogens (tertiary/aromatic N) is 3. The summed E-state index contributed by atoms with van der Waals surface area (Å²) in [4.78, 5) is 8.25. The van der Waals surface area contributed by atoms with Crippen molar-refractivity contribution in [3.63, 3.8) is 0 Å². The average molecular weight is 418 g/mol. The second-order valence-corrected chi connectivity index (χ2v) is 9.62. The van der Waals surface area contributed by atoms with Gasteiger partial charge in [-0.1, -0.05) is 0 Å². The van der Waals surface area contributed by atoms with Crippen LogP contribution in [0.3, 0.4) is 0 Å². The summed E-state index contributed by atoms with van der Waals surface area (Å²) in [5.41, 5.74) is 4.44. The number of alkyl halides is 3. The highest BCUT2D eigenvalue weighted by Gasteiger charge is 2.47. The lowest BCUT2D eigenvalue weighted by atomic mass is 9.99. The molecule has 2 N–H and O–H groups in total. The normalized spacial score (nSPS) is 22.6. The summed E-state index contributed by atoms with van der Waals surface area (Å²) in [7, 11) is -2.67. The molecule has 1 aliphatic rings. The summed E-state index contributed by atoms with van der Waals surface area (Å²) < 4.78 is 66.6. The lowest BCUT2D eigenvalue weighted by molar-refractivity contribution is -0.138. The standard InChI is InChI=1S/C16H17F3N4O2S2/c1-9-4-10(7-21-6-9)12-5-11(16(17,18)19)13(26-12)15(2)8-27(24,25)23(3)14(20)22-15/h4-7H,8H2,1-3H3,(H2,20,22)/t15-/m0/s1. The predicted octanol–water partition coefficient (Wildman–Crippen LogP) is 2.94. The number of aliphatic imine (C=N–C) groups is 1. The Kier molecular flexibility index (Phi) is 4.50. The quantitative estimate of drug-likeness (QED) is 0.812. The first-order valence-electron chi connectivity index (χ1n) is 7.79. The first-order valence-corrected chi connectivity index (χ1v) is 10.2. The number of guanidine groups is 1. The summed E-state index contributed by atoms with van der Waals surface area (Å²) in [5, 5.41) is 0. The molecule has 11 heteroatoms. The molecule has 0 amide bonds. The molecule has 2 aromatic heterocycles. The molecule has 3 rings (SSSR count). The largest absolute Gasteiger partial charge is 0.417 e. The number of aryl methyl sites for hydroxylation is 1. The lowest BCUT2D eigenvalue weighted by Gasteiger charge is -2.34. The molecule has 0 saturated heterocycles. The smallest absolute Gasteiger partial charge is 0.369 e. The van der Waals surface area contributed by atoms with Gasteiger partial charge in [0.25, 0.3) is 0 Å². The van der Waals surface area contributed by atoms with Crippen LogP contribution in [-0.4, -0.2) is 36.5 Å².